The first-order valence-electron chi connectivity index (χ1n) is 6.14. The molecule has 0 aliphatic carbocycles. The van der Waals surface area contributed by atoms with E-state index in [9.17, 15) is 4.79 Å². The van der Waals surface area contributed by atoms with Crippen molar-refractivity contribution in [3.63, 3.8) is 0 Å². The number of ether oxygens (including phenoxy) is 1. The average Bonchev–Trinajstić information content (AvgIpc) is 2.70. The van der Waals surface area contributed by atoms with Crippen molar-refractivity contribution in [2.45, 2.75) is 47.1 Å². The summed E-state index contributed by atoms with van der Waals surface area (Å²) < 4.78 is 9.89. The third-order valence-electron chi connectivity index (χ3n) is 3.71. The molecule has 0 saturated carbocycles. The summed E-state index contributed by atoms with van der Waals surface area (Å²) in [5.74, 6) is 0.0520. The van der Waals surface area contributed by atoms with Gasteiger partial charge in [0.2, 0.25) is 0 Å². The van der Waals surface area contributed by atoms with Crippen molar-refractivity contribution in [3.05, 3.63) is 11.3 Å². The molecule has 1 atom stereocenters. The van der Waals surface area contributed by atoms with Gasteiger partial charge in [-0.1, -0.05) is 25.9 Å². The second kappa shape index (κ2) is 5.42. The van der Waals surface area contributed by atoms with E-state index >= 15 is 0 Å². The number of methoxy groups -OCH3 is 1. The summed E-state index contributed by atoms with van der Waals surface area (Å²) >= 11 is 0. The lowest BCUT2D eigenvalue weighted by Crippen LogP contribution is -2.42. The van der Waals surface area contributed by atoms with Gasteiger partial charge in [-0.3, -0.25) is 4.79 Å². The van der Waals surface area contributed by atoms with E-state index in [1.54, 1.807) is 6.92 Å². The third kappa shape index (κ3) is 2.83. The molecule has 0 radical (unpaired) electrons. The second-order valence-corrected chi connectivity index (χ2v) is 5.19. The summed E-state index contributed by atoms with van der Waals surface area (Å²) in [7, 11) is 1.48. The second-order valence-electron chi connectivity index (χ2n) is 5.19. The molecule has 0 bridgehead atoms. The van der Waals surface area contributed by atoms with Gasteiger partial charge in [-0.2, -0.15) is 0 Å². The highest BCUT2D eigenvalue weighted by atomic mass is 16.6. The Morgan fingerprint density at radius 1 is 1.56 bits per heavy atom. The number of aromatic nitrogens is 1. The molecule has 0 fully saturated rings. The highest BCUT2D eigenvalue weighted by Gasteiger charge is 2.27. The number of hydrogen-bond donors (Lipinski definition) is 1. The van der Waals surface area contributed by atoms with Crippen molar-refractivity contribution in [1.29, 1.82) is 0 Å². The van der Waals surface area contributed by atoms with Crippen LogP contribution in [0.25, 0.3) is 0 Å². The number of carbonyl (C=O) groups is 1. The molecule has 1 amide bonds. The number of hydrogen-bond acceptors (Lipinski definition) is 4. The predicted molar refractivity (Wildman–Crippen MR) is 68.8 cm³/mol. The van der Waals surface area contributed by atoms with Crippen LogP contribution in [0.4, 0.5) is 0 Å². The maximum Gasteiger partial charge on any atom is 0.314 e. The van der Waals surface area contributed by atoms with Crippen LogP contribution >= 0.6 is 0 Å². The molecule has 102 valence electrons. The lowest BCUT2D eigenvalue weighted by molar-refractivity contribution is 0.0891. The maximum absolute atomic E-state index is 12.1. The fourth-order valence-electron chi connectivity index (χ4n) is 1.49. The van der Waals surface area contributed by atoms with E-state index in [1.165, 1.54) is 7.11 Å². The van der Waals surface area contributed by atoms with Crippen LogP contribution in [0.2, 0.25) is 0 Å². The van der Waals surface area contributed by atoms with Gasteiger partial charge in [0.25, 0.3) is 5.91 Å². The van der Waals surface area contributed by atoms with Crippen molar-refractivity contribution in [1.82, 2.24) is 10.5 Å². The van der Waals surface area contributed by atoms with Crippen LogP contribution in [0, 0.1) is 12.3 Å². The number of amides is 1. The molecule has 1 unspecified atom stereocenters. The maximum atomic E-state index is 12.1. The minimum absolute atomic E-state index is 0.0391. The van der Waals surface area contributed by atoms with Crippen LogP contribution in [0.5, 0.6) is 5.95 Å². The monoisotopic (exact) mass is 254 g/mol. The minimum atomic E-state index is -0.228. The first-order valence-corrected chi connectivity index (χ1v) is 6.14. The molecular weight excluding hydrogens is 232 g/mol. The fourth-order valence-corrected chi connectivity index (χ4v) is 1.49. The molecule has 0 aliphatic rings. The van der Waals surface area contributed by atoms with Crippen LogP contribution in [0.3, 0.4) is 0 Å². The number of nitrogens with one attached hydrogen (secondary N) is 1. The Morgan fingerprint density at radius 2 is 2.17 bits per heavy atom. The summed E-state index contributed by atoms with van der Waals surface area (Å²) in [5, 5.41) is 6.68. The van der Waals surface area contributed by atoms with Gasteiger partial charge < -0.3 is 14.6 Å². The molecular formula is C13H22N2O3. The molecule has 1 N–H and O–H groups in total. The van der Waals surface area contributed by atoms with E-state index in [0.29, 0.717) is 5.56 Å². The summed E-state index contributed by atoms with van der Waals surface area (Å²) in [4.78, 5) is 12.1. The van der Waals surface area contributed by atoms with Gasteiger partial charge in [0.15, 0.2) is 5.69 Å². The van der Waals surface area contributed by atoms with Gasteiger partial charge in [-0.15, -0.1) is 0 Å². The normalized spacial score (nSPS) is 13.2. The van der Waals surface area contributed by atoms with Crippen LogP contribution < -0.4 is 10.1 Å². The van der Waals surface area contributed by atoms with Crippen LogP contribution in [0.1, 0.15) is 50.2 Å². The van der Waals surface area contributed by atoms with Crippen molar-refractivity contribution in [3.8, 4) is 5.95 Å². The highest BCUT2D eigenvalue weighted by molar-refractivity contribution is 5.94. The van der Waals surface area contributed by atoms with E-state index in [1.807, 2.05) is 6.92 Å². The van der Waals surface area contributed by atoms with E-state index in [4.69, 9.17) is 9.26 Å². The Hall–Kier alpha value is -1.52. The van der Waals surface area contributed by atoms with Gasteiger partial charge in [-0.25, -0.2) is 0 Å². The summed E-state index contributed by atoms with van der Waals surface area (Å²) in [6, 6.07) is 0.0529. The Morgan fingerprint density at radius 3 is 2.61 bits per heavy atom. The zero-order valence-electron chi connectivity index (χ0n) is 12.0. The van der Waals surface area contributed by atoms with E-state index in [2.05, 4.69) is 31.2 Å². The first kappa shape index (κ1) is 14.5. The van der Waals surface area contributed by atoms with E-state index in [-0.39, 0.29) is 29.0 Å². The molecule has 1 aromatic heterocycles. The molecule has 0 saturated heterocycles. The summed E-state index contributed by atoms with van der Waals surface area (Å²) in [6.45, 7) is 10.1. The minimum Gasteiger partial charge on any atom is -0.467 e. The largest absolute Gasteiger partial charge is 0.467 e. The first-order chi connectivity index (χ1) is 8.33. The number of carbonyl (C=O) groups excluding carboxylic acids is 1. The standard InChI is InChI=1S/C13H22N2O3/c1-7-13(4,5)9(3)14-11(16)10-8(2)12(17-6)18-15-10/h9H,7H2,1-6H3,(H,14,16). The van der Waals surface area contributed by atoms with Crippen molar-refractivity contribution >= 4 is 5.91 Å². The van der Waals surface area contributed by atoms with Gasteiger partial charge in [0.1, 0.15) is 0 Å². The zero-order valence-corrected chi connectivity index (χ0v) is 12.0. The molecule has 1 aromatic rings. The quantitative estimate of drug-likeness (QED) is 0.877. The topological polar surface area (TPSA) is 64.4 Å². The van der Waals surface area contributed by atoms with Crippen molar-refractivity contribution in [2.24, 2.45) is 5.41 Å². The van der Waals surface area contributed by atoms with E-state index in [0.717, 1.165) is 6.42 Å². The average molecular weight is 254 g/mol. The van der Waals surface area contributed by atoms with Gasteiger partial charge in [0, 0.05) is 6.04 Å². The Kier molecular flexibility index (Phi) is 4.38. The van der Waals surface area contributed by atoms with Gasteiger partial charge >= 0.3 is 5.95 Å². The predicted octanol–water partition coefficient (Wildman–Crippen LogP) is 2.55. The molecule has 1 rings (SSSR count). The lowest BCUT2D eigenvalue weighted by atomic mass is 9.83. The molecule has 5 nitrogen and oxygen atoms in total. The molecule has 0 aromatic carbocycles. The van der Waals surface area contributed by atoms with E-state index < -0.39 is 0 Å². The Balaban J connectivity index is 2.80. The molecule has 0 aliphatic heterocycles. The van der Waals surface area contributed by atoms with Crippen molar-refractivity contribution < 1.29 is 14.1 Å². The molecule has 1 heterocycles. The Bertz CT molecular complexity index is 424. The van der Waals surface area contributed by atoms with Gasteiger partial charge in [-0.05, 0) is 25.7 Å². The summed E-state index contributed by atoms with van der Waals surface area (Å²) in [6.07, 6.45) is 0.982. The fraction of sp³-hybridized carbons (Fsp3) is 0.692. The number of rotatable bonds is 5. The molecule has 18 heavy (non-hydrogen) atoms. The summed E-state index contributed by atoms with van der Waals surface area (Å²) in [5.41, 5.74) is 0.944. The lowest BCUT2D eigenvalue weighted by Gasteiger charge is -2.31. The van der Waals surface area contributed by atoms with Crippen molar-refractivity contribution in [2.75, 3.05) is 7.11 Å². The van der Waals surface area contributed by atoms with Crippen LogP contribution in [-0.2, 0) is 0 Å². The SMILES string of the molecule is CCC(C)(C)C(C)NC(=O)c1noc(OC)c1C. The molecule has 0 spiro atoms. The third-order valence-corrected chi connectivity index (χ3v) is 3.71. The molecule has 5 heteroatoms. The highest BCUT2D eigenvalue weighted by Crippen LogP contribution is 2.25. The van der Waals surface area contributed by atoms with Gasteiger partial charge in [0.05, 0.1) is 12.7 Å². The Labute approximate surface area is 108 Å². The number of nitrogens with zero attached hydrogens (tertiary/aromatic N) is 1. The van der Waals surface area contributed by atoms with Crippen LogP contribution in [-0.4, -0.2) is 24.2 Å². The smallest absolute Gasteiger partial charge is 0.314 e. The zero-order chi connectivity index (χ0) is 13.9. The van der Waals surface area contributed by atoms with Crippen LogP contribution in [0.15, 0.2) is 4.52 Å².